The number of thioether (sulfide) groups is 8. The normalized spacial score (nSPS) is 25.9. The summed E-state index contributed by atoms with van der Waals surface area (Å²) in [7, 11) is 0. The van der Waals surface area contributed by atoms with E-state index in [4.69, 9.17) is 4.74 Å². The van der Waals surface area contributed by atoms with Crippen molar-refractivity contribution in [3.8, 4) is 11.5 Å². The molecule has 0 saturated carbocycles. The number of hydrogen-bond donors (Lipinski definition) is 0. The van der Waals surface area contributed by atoms with Gasteiger partial charge in [0, 0.05) is 23.7 Å². The van der Waals surface area contributed by atoms with Crippen LogP contribution < -0.4 is 4.74 Å². The van der Waals surface area contributed by atoms with Crippen LogP contribution >= 0.6 is 94.1 Å². The average Bonchev–Trinajstić information content (AvgIpc) is 3.98. The quantitative estimate of drug-likeness (QED) is 0.187. The highest BCUT2D eigenvalue weighted by molar-refractivity contribution is 8.23. The fourth-order valence-corrected chi connectivity index (χ4v) is 17.6. The summed E-state index contributed by atoms with van der Waals surface area (Å²) in [6, 6.07) is 32.4. The standard InChI is InChI=1S/C40H30OS8/c1-3-7-27-25(5-1)33(37-42-13-14-43-37)29-11-9-23(21-31(29)35(27)39-46-17-18-47-39)41-24-10-12-30-32(22-24)36(40-48-19-20-49-40)28-8-4-2-6-26(28)34(30)38-44-15-16-45-38/h1-22,33-40H. The smallest absolute Gasteiger partial charge is 0.127 e. The summed E-state index contributed by atoms with van der Waals surface area (Å²) < 4.78 is 8.63. The molecule has 4 unspecified atom stereocenters. The van der Waals surface area contributed by atoms with Gasteiger partial charge < -0.3 is 4.74 Å². The maximum Gasteiger partial charge on any atom is 0.127 e. The van der Waals surface area contributed by atoms with Crippen molar-refractivity contribution in [1.29, 1.82) is 0 Å². The van der Waals surface area contributed by atoms with E-state index in [0.29, 0.717) is 42.0 Å². The summed E-state index contributed by atoms with van der Waals surface area (Å²) in [6.07, 6.45) is 0. The van der Waals surface area contributed by atoms with Gasteiger partial charge in [-0.1, -0.05) is 60.7 Å². The predicted octanol–water partition coefficient (Wildman–Crippen LogP) is 13.7. The van der Waals surface area contributed by atoms with Crippen molar-refractivity contribution in [2.24, 2.45) is 0 Å². The van der Waals surface area contributed by atoms with Gasteiger partial charge in [-0.2, -0.15) is 0 Å². The Balaban J connectivity index is 1.05. The van der Waals surface area contributed by atoms with E-state index in [-0.39, 0.29) is 0 Å². The number of benzene rings is 4. The fraction of sp³-hybridized carbons (Fsp3) is 0.200. The first-order chi connectivity index (χ1) is 24.3. The molecule has 244 valence electrons. The van der Waals surface area contributed by atoms with Crippen LogP contribution in [0.1, 0.15) is 68.2 Å². The number of ether oxygens (including phenoxy) is 1. The molecular formula is C40H30OS8. The van der Waals surface area contributed by atoms with Crippen molar-refractivity contribution in [3.05, 3.63) is 173 Å². The molecule has 4 aromatic carbocycles. The van der Waals surface area contributed by atoms with E-state index in [1.165, 1.54) is 44.5 Å². The van der Waals surface area contributed by atoms with Gasteiger partial charge in [0.05, 0.1) is 18.3 Å². The van der Waals surface area contributed by atoms with E-state index >= 15 is 0 Å². The molecule has 0 bridgehead atoms. The molecule has 10 rings (SSSR count). The molecule has 2 aliphatic carbocycles. The highest BCUT2D eigenvalue weighted by Gasteiger charge is 2.43. The third-order valence-corrected chi connectivity index (χ3v) is 20.1. The Morgan fingerprint density at radius 3 is 0.878 bits per heavy atom. The highest BCUT2D eigenvalue weighted by Crippen LogP contribution is 2.59. The van der Waals surface area contributed by atoms with Crippen LogP contribution in [0.4, 0.5) is 0 Å². The lowest BCUT2D eigenvalue weighted by Crippen LogP contribution is -2.26. The largest absolute Gasteiger partial charge is 0.457 e. The molecule has 4 atom stereocenters. The van der Waals surface area contributed by atoms with Gasteiger partial charge in [0.2, 0.25) is 0 Å². The van der Waals surface area contributed by atoms with Crippen molar-refractivity contribution in [1.82, 2.24) is 0 Å². The first kappa shape index (κ1) is 32.1. The topological polar surface area (TPSA) is 9.23 Å². The highest BCUT2D eigenvalue weighted by atomic mass is 32.2. The Labute approximate surface area is 322 Å². The minimum absolute atomic E-state index is 0.296. The fourth-order valence-electron chi connectivity index (χ4n) is 8.10. The minimum atomic E-state index is 0.296. The van der Waals surface area contributed by atoms with Crippen molar-refractivity contribution in [2.45, 2.75) is 42.0 Å². The molecule has 0 fully saturated rings. The van der Waals surface area contributed by atoms with Crippen molar-refractivity contribution in [3.63, 3.8) is 0 Å². The lowest BCUT2D eigenvalue weighted by Gasteiger charge is -2.39. The molecular weight excluding hydrogens is 753 g/mol. The second-order valence-electron chi connectivity index (χ2n) is 12.5. The van der Waals surface area contributed by atoms with E-state index in [2.05, 4.69) is 128 Å². The van der Waals surface area contributed by atoms with Crippen LogP contribution in [0, 0.1) is 0 Å². The average molecular weight is 783 g/mol. The van der Waals surface area contributed by atoms with Gasteiger partial charge in [0.1, 0.15) is 11.5 Å². The molecule has 9 heteroatoms. The molecule has 0 amide bonds. The van der Waals surface area contributed by atoms with E-state index in [9.17, 15) is 0 Å². The SMILES string of the molecule is C1=CSC(C2c3ccccc3C(C3SC=CS3)c3cc(Oc4ccc5c(c4)C(C4SC=CS4)c4ccccc4C5C4SC=CS4)ccc32)S1. The number of rotatable bonds is 6. The third kappa shape index (κ3) is 5.74. The van der Waals surface area contributed by atoms with E-state index < -0.39 is 0 Å². The van der Waals surface area contributed by atoms with Crippen molar-refractivity contribution >= 4 is 94.1 Å². The molecule has 4 heterocycles. The zero-order valence-electron chi connectivity index (χ0n) is 26.0. The van der Waals surface area contributed by atoms with Gasteiger partial charge in [0.25, 0.3) is 0 Å². The zero-order valence-corrected chi connectivity index (χ0v) is 32.5. The van der Waals surface area contributed by atoms with Crippen LogP contribution in [0.15, 0.2) is 128 Å². The van der Waals surface area contributed by atoms with Crippen LogP contribution in [0.25, 0.3) is 0 Å². The van der Waals surface area contributed by atoms with Gasteiger partial charge in [-0.25, -0.2) is 0 Å². The summed E-state index contributed by atoms with van der Waals surface area (Å²) in [6.45, 7) is 0. The first-order valence-corrected chi connectivity index (χ1v) is 23.8. The zero-order chi connectivity index (χ0) is 32.3. The number of hydrogen-bond acceptors (Lipinski definition) is 9. The summed E-state index contributed by atoms with van der Waals surface area (Å²) in [5.74, 6) is 3.11. The molecule has 1 nitrogen and oxygen atoms in total. The molecule has 0 spiro atoms. The van der Waals surface area contributed by atoms with Gasteiger partial charge in [-0.05, 0) is 112 Å². The summed E-state index contributed by atoms with van der Waals surface area (Å²) in [5.41, 5.74) is 11.6. The van der Waals surface area contributed by atoms with Crippen LogP contribution in [0.5, 0.6) is 11.5 Å². The van der Waals surface area contributed by atoms with Gasteiger partial charge in [-0.3, -0.25) is 0 Å². The summed E-state index contributed by atoms with van der Waals surface area (Å²) in [5, 5.41) is 18.1. The molecule has 49 heavy (non-hydrogen) atoms. The van der Waals surface area contributed by atoms with Gasteiger partial charge >= 0.3 is 0 Å². The third-order valence-electron chi connectivity index (χ3n) is 10.0. The van der Waals surface area contributed by atoms with Crippen LogP contribution in [-0.4, -0.2) is 18.3 Å². The van der Waals surface area contributed by atoms with Crippen LogP contribution in [0.2, 0.25) is 0 Å². The van der Waals surface area contributed by atoms with Crippen molar-refractivity contribution in [2.75, 3.05) is 0 Å². The van der Waals surface area contributed by atoms with Gasteiger partial charge in [0.15, 0.2) is 0 Å². The predicted molar refractivity (Wildman–Crippen MR) is 226 cm³/mol. The Morgan fingerprint density at radius 2 is 0.571 bits per heavy atom. The Morgan fingerprint density at radius 1 is 0.306 bits per heavy atom. The lowest BCUT2D eigenvalue weighted by molar-refractivity contribution is 0.479. The molecule has 6 aliphatic rings. The Bertz CT molecular complexity index is 1880. The van der Waals surface area contributed by atoms with Gasteiger partial charge in [-0.15, -0.1) is 94.1 Å². The van der Waals surface area contributed by atoms with Crippen LogP contribution in [-0.2, 0) is 0 Å². The maximum atomic E-state index is 6.93. The lowest BCUT2D eigenvalue weighted by atomic mass is 9.73. The van der Waals surface area contributed by atoms with E-state index in [1.807, 2.05) is 94.1 Å². The first-order valence-electron chi connectivity index (χ1n) is 16.3. The Hall–Kier alpha value is -1.56. The van der Waals surface area contributed by atoms with Crippen molar-refractivity contribution < 1.29 is 4.74 Å². The second kappa shape index (κ2) is 13.8. The molecule has 0 N–H and O–H groups in total. The second-order valence-corrected chi connectivity index (χ2v) is 22.1. The summed E-state index contributed by atoms with van der Waals surface area (Å²) >= 11 is 15.6. The molecule has 4 aliphatic heterocycles. The maximum absolute atomic E-state index is 6.93. The number of fused-ring (bicyclic) bond motifs is 4. The van der Waals surface area contributed by atoms with E-state index in [0.717, 1.165) is 11.5 Å². The molecule has 0 saturated heterocycles. The molecule has 0 aromatic heterocycles. The monoisotopic (exact) mass is 782 g/mol. The van der Waals surface area contributed by atoms with E-state index in [1.54, 1.807) is 0 Å². The molecule has 4 aromatic rings. The minimum Gasteiger partial charge on any atom is -0.457 e. The Kier molecular flexibility index (Phi) is 9.03. The molecule has 0 radical (unpaired) electrons. The summed E-state index contributed by atoms with van der Waals surface area (Å²) in [4.78, 5) is 0. The van der Waals surface area contributed by atoms with Crippen LogP contribution in [0.3, 0.4) is 0 Å².